The smallest absolute Gasteiger partial charge is 0.240 e. The molecular formula is C14H23FN2O3S. The number of hydrogen-bond donors (Lipinski definition) is 2. The SMILES string of the molecule is CCOCCCNS(=O)(=O)c1cc(C)c(F)c(CNC)c1. The van der Waals surface area contributed by atoms with Gasteiger partial charge >= 0.3 is 0 Å². The highest BCUT2D eigenvalue weighted by atomic mass is 32.2. The molecule has 7 heteroatoms. The van der Waals surface area contributed by atoms with E-state index >= 15 is 0 Å². The molecule has 0 aliphatic rings. The lowest BCUT2D eigenvalue weighted by Crippen LogP contribution is -2.26. The van der Waals surface area contributed by atoms with Crippen LogP contribution in [-0.2, 0) is 21.3 Å². The van der Waals surface area contributed by atoms with E-state index in [1.807, 2.05) is 6.92 Å². The Bertz CT molecular complexity index is 562. The summed E-state index contributed by atoms with van der Waals surface area (Å²) in [6.07, 6.45) is 0.594. The number of nitrogens with one attached hydrogen (secondary N) is 2. The van der Waals surface area contributed by atoms with Crippen LogP contribution in [0, 0.1) is 12.7 Å². The number of ether oxygens (including phenoxy) is 1. The first-order valence-electron chi connectivity index (χ1n) is 6.93. The Morgan fingerprint density at radius 1 is 1.33 bits per heavy atom. The Morgan fingerprint density at radius 3 is 2.67 bits per heavy atom. The second kappa shape index (κ2) is 8.43. The van der Waals surface area contributed by atoms with Crippen LogP contribution in [0.3, 0.4) is 0 Å². The van der Waals surface area contributed by atoms with Gasteiger partial charge in [-0.3, -0.25) is 0 Å². The average molecular weight is 318 g/mol. The summed E-state index contributed by atoms with van der Waals surface area (Å²) in [6.45, 7) is 5.13. The highest BCUT2D eigenvalue weighted by Crippen LogP contribution is 2.19. The summed E-state index contributed by atoms with van der Waals surface area (Å²) in [5.41, 5.74) is 0.657. The average Bonchev–Trinajstić information content (AvgIpc) is 2.43. The largest absolute Gasteiger partial charge is 0.382 e. The molecule has 0 fully saturated rings. The fourth-order valence-corrected chi connectivity index (χ4v) is 3.10. The van der Waals surface area contributed by atoms with E-state index in [1.165, 1.54) is 12.1 Å². The molecule has 120 valence electrons. The maximum absolute atomic E-state index is 13.9. The summed E-state index contributed by atoms with van der Waals surface area (Å²) < 4.78 is 45.9. The fourth-order valence-electron chi connectivity index (χ4n) is 1.89. The van der Waals surface area contributed by atoms with Crippen LogP contribution in [0.15, 0.2) is 17.0 Å². The minimum Gasteiger partial charge on any atom is -0.382 e. The van der Waals surface area contributed by atoms with Crippen LogP contribution in [-0.4, -0.2) is 35.2 Å². The minimum absolute atomic E-state index is 0.0862. The molecule has 0 radical (unpaired) electrons. The Labute approximate surface area is 125 Å². The van der Waals surface area contributed by atoms with E-state index < -0.39 is 10.0 Å². The third-order valence-electron chi connectivity index (χ3n) is 2.94. The van der Waals surface area contributed by atoms with Gasteiger partial charge in [0.15, 0.2) is 0 Å². The first-order chi connectivity index (χ1) is 9.92. The van der Waals surface area contributed by atoms with Crippen molar-refractivity contribution in [3.05, 3.63) is 29.1 Å². The van der Waals surface area contributed by atoms with Crippen molar-refractivity contribution in [3.8, 4) is 0 Å². The molecule has 0 aromatic heterocycles. The van der Waals surface area contributed by atoms with Crippen LogP contribution in [0.2, 0.25) is 0 Å². The molecule has 0 spiro atoms. The molecule has 1 rings (SSSR count). The third-order valence-corrected chi connectivity index (χ3v) is 4.38. The van der Waals surface area contributed by atoms with E-state index in [4.69, 9.17) is 4.74 Å². The zero-order chi connectivity index (χ0) is 15.9. The first-order valence-corrected chi connectivity index (χ1v) is 8.41. The molecule has 1 aromatic carbocycles. The normalized spacial score (nSPS) is 11.8. The van der Waals surface area contributed by atoms with E-state index in [1.54, 1.807) is 14.0 Å². The lowest BCUT2D eigenvalue weighted by Gasteiger charge is -2.11. The number of aryl methyl sites for hydroxylation is 1. The molecule has 5 nitrogen and oxygen atoms in total. The number of hydrogen-bond acceptors (Lipinski definition) is 4. The second-order valence-electron chi connectivity index (χ2n) is 4.69. The van der Waals surface area contributed by atoms with Crippen molar-refractivity contribution in [2.75, 3.05) is 26.8 Å². The van der Waals surface area contributed by atoms with E-state index in [0.717, 1.165) is 0 Å². The van der Waals surface area contributed by atoms with Gasteiger partial charge < -0.3 is 10.1 Å². The summed E-state index contributed by atoms with van der Waals surface area (Å²) in [5, 5.41) is 2.83. The Kier molecular flexibility index (Phi) is 7.24. The van der Waals surface area contributed by atoms with Gasteiger partial charge in [-0.05, 0) is 45.0 Å². The minimum atomic E-state index is -3.63. The van der Waals surface area contributed by atoms with E-state index in [2.05, 4.69) is 10.0 Å². The summed E-state index contributed by atoms with van der Waals surface area (Å²) in [5.74, 6) is -0.375. The van der Waals surface area contributed by atoms with Gasteiger partial charge in [0, 0.05) is 31.9 Å². The molecule has 21 heavy (non-hydrogen) atoms. The van der Waals surface area contributed by atoms with Crippen LogP contribution in [0.4, 0.5) is 4.39 Å². The summed E-state index contributed by atoms with van der Waals surface area (Å²) in [7, 11) is -1.95. The molecule has 0 bridgehead atoms. The molecule has 0 atom stereocenters. The Hall–Kier alpha value is -1.02. The second-order valence-corrected chi connectivity index (χ2v) is 6.46. The van der Waals surface area contributed by atoms with Crippen molar-refractivity contribution in [2.45, 2.75) is 31.7 Å². The summed E-state index contributed by atoms with van der Waals surface area (Å²) in [4.78, 5) is 0.0862. The molecule has 2 N–H and O–H groups in total. The van der Waals surface area contributed by atoms with Gasteiger partial charge in [-0.2, -0.15) is 0 Å². The topological polar surface area (TPSA) is 67.4 Å². The van der Waals surface area contributed by atoms with Crippen molar-refractivity contribution in [2.24, 2.45) is 0 Å². The highest BCUT2D eigenvalue weighted by molar-refractivity contribution is 7.89. The Morgan fingerprint density at radius 2 is 2.05 bits per heavy atom. The van der Waals surface area contributed by atoms with Gasteiger partial charge in [0.05, 0.1) is 4.90 Å². The van der Waals surface area contributed by atoms with Gasteiger partial charge in [-0.1, -0.05) is 0 Å². The summed E-state index contributed by atoms with van der Waals surface area (Å²) in [6, 6.07) is 2.71. The highest BCUT2D eigenvalue weighted by Gasteiger charge is 2.17. The van der Waals surface area contributed by atoms with Crippen LogP contribution in [0.25, 0.3) is 0 Å². The molecule has 0 aliphatic carbocycles. The van der Waals surface area contributed by atoms with Gasteiger partial charge in [0.1, 0.15) is 5.82 Å². The quantitative estimate of drug-likeness (QED) is 0.678. The van der Waals surface area contributed by atoms with E-state index in [9.17, 15) is 12.8 Å². The van der Waals surface area contributed by atoms with Crippen molar-refractivity contribution in [1.82, 2.24) is 10.0 Å². The van der Waals surface area contributed by atoms with Crippen molar-refractivity contribution < 1.29 is 17.5 Å². The van der Waals surface area contributed by atoms with Crippen LogP contribution >= 0.6 is 0 Å². The third kappa shape index (κ3) is 5.35. The number of rotatable bonds is 9. The standard InChI is InChI=1S/C14H23FN2O3S/c1-4-20-7-5-6-17-21(18,19)13-8-11(2)14(15)12(9-13)10-16-3/h8-9,16-17H,4-7,10H2,1-3H3. The van der Waals surface area contributed by atoms with Crippen LogP contribution in [0.1, 0.15) is 24.5 Å². The predicted octanol–water partition coefficient (Wildman–Crippen LogP) is 1.56. The van der Waals surface area contributed by atoms with E-state index in [0.29, 0.717) is 37.3 Å². The monoisotopic (exact) mass is 318 g/mol. The Balaban J connectivity index is 2.83. The van der Waals surface area contributed by atoms with Crippen molar-refractivity contribution >= 4 is 10.0 Å². The van der Waals surface area contributed by atoms with Gasteiger partial charge in [0.2, 0.25) is 10.0 Å². The molecule has 0 aliphatic heterocycles. The van der Waals surface area contributed by atoms with E-state index in [-0.39, 0.29) is 17.3 Å². The lowest BCUT2D eigenvalue weighted by atomic mass is 10.1. The molecule has 0 heterocycles. The first kappa shape index (κ1) is 18.0. The lowest BCUT2D eigenvalue weighted by molar-refractivity contribution is 0.146. The van der Waals surface area contributed by atoms with Gasteiger partial charge in [-0.25, -0.2) is 17.5 Å². The molecule has 0 unspecified atom stereocenters. The zero-order valence-electron chi connectivity index (χ0n) is 12.7. The maximum atomic E-state index is 13.9. The maximum Gasteiger partial charge on any atom is 0.240 e. The zero-order valence-corrected chi connectivity index (χ0v) is 13.5. The number of sulfonamides is 1. The number of benzene rings is 1. The van der Waals surface area contributed by atoms with Crippen LogP contribution < -0.4 is 10.0 Å². The van der Waals surface area contributed by atoms with Crippen molar-refractivity contribution in [3.63, 3.8) is 0 Å². The predicted molar refractivity (Wildman–Crippen MR) is 80.2 cm³/mol. The molecule has 1 aromatic rings. The van der Waals surface area contributed by atoms with Gasteiger partial charge in [0.25, 0.3) is 0 Å². The molecular weight excluding hydrogens is 295 g/mol. The van der Waals surface area contributed by atoms with Gasteiger partial charge in [-0.15, -0.1) is 0 Å². The fraction of sp³-hybridized carbons (Fsp3) is 0.571. The summed E-state index contributed by atoms with van der Waals surface area (Å²) >= 11 is 0. The van der Waals surface area contributed by atoms with Crippen LogP contribution in [0.5, 0.6) is 0 Å². The molecule has 0 saturated heterocycles. The molecule has 0 saturated carbocycles. The van der Waals surface area contributed by atoms with Crippen molar-refractivity contribution in [1.29, 1.82) is 0 Å². The molecule has 0 amide bonds. The number of halogens is 1.